The van der Waals surface area contributed by atoms with E-state index in [0.717, 1.165) is 35.1 Å². The van der Waals surface area contributed by atoms with E-state index in [1.165, 1.54) is 5.56 Å². The Hall–Kier alpha value is -1.57. The molecule has 0 bridgehead atoms. The fraction of sp³-hybridized carbons (Fsp3) is 0.438. The van der Waals surface area contributed by atoms with Crippen molar-refractivity contribution in [2.45, 2.75) is 46.0 Å². The van der Waals surface area contributed by atoms with Crippen LogP contribution in [0.1, 0.15) is 45.4 Å². The van der Waals surface area contributed by atoms with Crippen LogP contribution in [-0.2, 0) is 11.8 Å². The van der Waals surface area contributed by atoms with Crippen molar-refractivity contribution in [3.05, 3.63) is 35.5 Å². The summed E-state index contributed by atoms with van der Waals surface area (Å²) in [6, 6.07) is 8.30. The second-order valence-electron chi connectivity index (χ2n) is 5.91. The smallest absolute Gasteiger partial charge is 0.0758 e. The molecule has 0 amide bonds. The lowest BCUT2D eigenvalue weighted by Gasteiger charge is -2.20. The van der Waals surface area contributed by atoms with Gasteiger partial charge in [-0.1, -0.05) is 52.3 Å². The summed E-state index contributed by atoms with van der Waals surface area (Å²) in [6.07, 6.45) is 2.18. The number of aromatic nitrogens is 1. The number of hydrogen-bond donors (Lipinski definition) is 1. The SMILES string of the molecule is CCCc1cccc2c(N)cc(C(C)(C)C)nc12. The van der Waals surface area contributed by atoms with E-state index in [9.17, 15) is 0 Å². The van der Waals surface area contributed by atoms with Crippen LogP contribution in [0.4, 0.5) is 5.69 Å². The summed E-state index contributed by atoms with van der Waals surface area (Å²) < 4.78 is 0. The van der Waals surface area contributed by atoms with Crippen LogP contribution < -0.4 is 5.73 Å². The van der Waals surface area contributed by atoms with E-state index in [4.69, 9.17) is 10.7 Å². The van der Waals surface area contributed by atoms with E-state index < -0.39 is 0 Å². The Morgan fingerprint density at radius 3 is 2.56 bits per heavy atom. The predicted molar refractivity (Wildman–Crippen MR) is 78.9 cm³/mol. The zero-order chi connectivity index (χ0) is 13.3. The molecule has 0 aliphatic carbocycles. The molecule has 0 unspecified atom stereocenters. The number of anilines is 1. The van der Waals surface area contributed by atoms with Gasteiger partial charge in [0.25, 0.3) is 0 Å². The van der Waals surface area contributed by atoms with Gasteiger partial charge >= 0.3 is 0 Å². The van der Waals surface area contributed by atoms with Crippen molar-refractivity contribution in [3.63, 3.8) is 0 Å². The third-order valence-corrected chi connectivity index (χ3v) is 3.24. The molecule has 1 aromatic heterocycles. The largest absolute Gasteiger partial charge is 0.398 e. The molecule has 2 aromatic rings. The van der Waals surface area contributed by atoms with Gasteiger partial charge in [-0.15, -0.1) is 0 Å². The van der Waals surface area contributed by atoms with E-state index in [-0.39, 0.29) is 5.41 Å². The normalized spacial score (nSPS) is 12.0. The maximum absolute atomic E-state index is 6.18. The number of fused-ring (bicyclic) bond motifs is 1. The minimum Gasteiger partial charge on any atom is -0.398 e. The highest BCUT2D eigenvalue weighted by Gasteiger charge is 2.18. The van der Waals surface area contributed by atoms with Gasteiger partial charge in [0, 0.05) is 22.2 Å². The molecule has 1 aromatic carbocycles. The number of nitrogen functional groups attached to an aromatic ring is 1. The molecule has 2 heteroatoms. The number of nitrogens with two attached hydrogens (primary N) is 1. The molecule has 0 saturated carbocycles. The van der Waals surface area contributed by atoms with Crippen LogP contribution >= 0.6 is 0 Å². The van der Waals surface area contributed by atoms with Gasteiger partial charge in [-0.25, -0.2) is 0 Å². The number of nitrogens with zero attached hydrogens (tertiary/aromatic N) is 1. The Morgan fingerprint density at radius 1 is 1.22 bits per heavy atom. The van der Waals surface area contributed by atoms with Gasteiger partial charge in [-0.3, -0.25) is 4.98 Å². The van der Waals surface area contributed by atoms with Crippen LogP contribution in [0.3, 0.4) is 0 Å². The lowest BCUT2D eigenvalue weighted by molar-refractivity contribution is 0.571. The van der Waals surface area contributed by atoms with Gasteiger partial charge in [-0.2, -0.15) is 0 Å². The Kier molecular flexibility index (Phi) is 3.29. The highest BCUT2D eigenvalue weighted by molar-refractivity contribution is 5.92. The van der Waals surface area contributed by atoms with E-state index in [2.05, 4.69) is 45.9 Å². The average Bonchev–Trinajstić information content (AvgIpc) is 2.29. The number of aryl methyl sites for hydroxylation is 1. The summed E-state index contributed by atoms with van der Waals surface area (Å²) in [5.41, 5.74) is 10.5. The average molecular weight is 242 g/mol. The fourth-order valence-corrected chi connectivity index (χ4v) is 2.19. The first-order valence-corrected chi connectivity index (χ1v) is 6.62. The number of rotatable bonds is 2. The predicted octanol–water partition coefficient (Wildman–Crippen LogP) is 4.07. The van der Waals surface area contributed by atoms with Crippen molar-refractivity contribution in [2.24, 2.45) is 0 Å². The summed E-state index contributed by atoms with van der Waals surface area (Å²) in [5.74, 6) is 0. The molecule has 0 aliphatic rings. The van der Waals surface area contributed by atoms with E-state index in [1.807, 2.05) is 6.07 Å². The monoisotopic (exact) mass is 242 g/mol. The minimum absolute atomic E-state index is 0.0294. The third kappa shape index (κ3) is 2.33. The van der Waals surface area contributed by atoms with Crippen LogP contribution in [0, 0.1) is 0 Å². The Labute approximate surface area is 109 Å². The molecular weight excluding hydrogens is 220 g/mol. The van der Waals surface area contributed by atoms with Crippen molar-refractivity contribution >= 4 is 16.6 Å². The maximum atomic E-state index is 6.18. The molecule has 2 rings (SSSR count). The highest BCUT2D eigenvalue weighted by atomic mass is 14.7. The molecule has 0 fully saturated rings. The Bertz CT molecular complexity index is 565. The second-order valence-corrected chi connectivity index (χ2v) is 5.91. The Morgan fingerprint density at radius 2 is 1.94 bits per heavy atom. The zero-order valence-electron chi connectivity index (χ0n) is 11.7. The quantitative estimate of drug-likeness (QED) is 0.862. The summed E-state index contributed by atoms with van der Waals surface area (Å²) in [7, 11) is 0. The second kappa shape index (κ2) is 4.60. The molecule has 18 heavy (non-hydrogen) atoms. The molecule has 0 spiro atoms. The molecule has 0 atom stereocenters. The van der Waals surface area contributed by atoms with Crippen LogP contribution in [0.15, 0.2) is 24.3 Å². The molecule has 0 aliphatic heterocycles. The van der Waals surface area contributed by atoms with Crippen LogP contribution in [0.2, 0.25) is 0 Å². The van der Waals surface area contributed by atoms with Crippen molar-refractivity contribution in [2.75, 3.05) is 5.73 Å². The molecule has 96 valence electrons. The van der Waals surface area contributed by atoms with E-state index >= 15 is 0 Å². The molecule has 0 saturated heterocycles. The number of hydrogen-bond acceptors (Lipinski definition) is 2. The standard InChI is InChI=1S/C16H22N2/c1-5-7-11-8-6-9-12-13(17)10-14(16(2,3)4)18-15(11)12/h6,8-10H,5,7H2,1-4H3,(H2,17,18). The third-order valence-electron chi connectivity index (χ3n) is 3.24. The summed E-state index contributed by atoms with van der Waals surface area (Å²) >= 11 is 0. The molecule has 0 radical (unpaired) electrons. The summed E-state index contributed by atoms with van der Waals surface area (Å²) in [4.78, 5) is 4.85. The van der Waals surface area contributed by atoms with Crippen molar-refractivity contribution < 1.29 is 0 Å². The summed E-state index contributed by atoms with van der Waals surface area (Å²) in [6.45, 7) is 8.70. The number of benzene rings is 1. The van der Waals surface area contributed by atoms with Gasteiger partial charge in [0.2, 0.25) is 0 Å². The van der Waals surface area contributed by atoms with Crippen LogP contribution in [-0.4, -0.2) is 4.98 Å². The molecule has 2 N–H and O–H groups in total. The van der Waals surface area contributed by atoms with E-state index in [0.29, 0.717) is 0 Å². The zero-order valence-corrected chi connectivity index (χ0v) is 11.7. The highest BCUT2D eigenvalue weighted by Crippen LogP contribution is 2.29. The van der Waals surface area contributed by atoms with Crippen molar-refractivity contribution in [3.8, 4) is 0 Å². The lowest BCUT2D eigenvalue weighted by atomic mass is 9.90. The van der Waals surface area contributed by atoms with Gasteiger partial charge in [0.05, 0.1) is 5.52 Å². The molecular formula is C16H22N2. The van der Waals surface area contributed by atoms with E-state index in [1.54, 1.807) is 0 Å². The summed E-state index contributed by atoms with van der Waals surface area (Å²) in [5, 5.41) is 1.08. The van der Waals surface area contributed by atoms with Crippen LogP contribution in [0.5, 0.6) is 0 Å². The number of para-hydroxylation sites is 1. The minimum atomic E-state index is 0.0294. The van der Waals surface area contributed by atoms with Gasteiger partial charge in [0.15, 0.2) is 0 Å². The Balaban J connectivity index is 2.72. The van der Waals surface area contributed by atoms with Crippen LogP contribution in [0.25, 0.3) is 10.9 Å². The first-order chi connectivity index (χ1) is 8.43. The van der Waals surface area contributed by atoms with Crippen molar-refractivity contribution in [1.29, 1.82) is 0 Å². The first-order valence-electron chi connectivity index (χ1n) is 6.62. The lowest BCUT2D eigenvalue weighted by Crippen LogP contribution is -2.14. The first kappa shape index (κ1) is 12.9. The van der Waals surface area contributed by atoms with Gasteiger partial charge in [-0.05, 0) is 18.1 Å². The topological polar surface area (TPSA) is 38.9 Å². The maximum Gasteiger partial charge on any atom is 0.0758 e. The number of pyridine rings is 1. The molecule has 1 heterocycles. The fourth-order valence-electron chi connectivity index (χ4n) is 2.19. The van der Waals surface area contributed by atoms with Gasteiger partial charge < -0.3 is 5.73 Å². The van der Waals surface area contributed by atoms with Crippen molar-refractivity contribution in [1.82, 2.24) is 4.98 Å². The molecule has 2 nitrogen and oxygen atoms in total. The van der Waals surface area contributed by atoms with Gasteiger partial charge in [0.1, 0.15) is 0 Å².